The summed E-state index contributed by atoms with van der Waals surface area (Å²) >= 11 is 0.826. The number of carboxylic acid groups (broad SMARTS) is 1. The molecule has 0 spiro atoms. The summed E-state index contributed by atoms with van der Waals surface area (Å²) in [5, 5.41) is 12.8. The molecule has 1 heterocycles. The molecule has 8 nitrogen and oxygen atoms in total. The predicted molar refractivity (Wildman–Crippen MR) is 76.0 cm³/mol. The van der Waals surface area contributed by atoms with Gasteiger partial charge in [-0.1, -0.05) is 0 Å². The van der Waals surface area contributed by atoms with Crippen molar-refractivity contribution >= 4 is 33.2 Å². The average Bonchev–Trinajstić information content (AvgIpc) is 2.89. The van der Waals surface area contributed by atoms with Crippen LogP contribution in [0, 0.1) is 0 Å². The number of hydrogen-bond acceptors (Lipinski definition) is 6. The molecule has 0 unspecified atom stereocenters. The van der Waals surface area contributed by atoms with Gasteiger partial charge in [-0.3, -0.25) is 4.79 Å². The SMILES string of the molecule is COCCNC(=O)CCNS(=O)(=O)c1ccsc1C(=O)O. The second kappa shape index (κ2) is 8.08. The topological polar surface area (TPSA) is 122 Å². The lowest BCUT2D eigenvalue weighted by Gasteiger charge is -2.07. The number of aromatic carboxylic acids is 1. The van der Waals surface area contributed by atoms with Gasteiger partial charge in [-0.05, 0) is 11.4 Å². The maximum atomic E-state index is 11.9. The summed E-state index contributed by atoms with van der Waals surface area (Å²) in [5.41, 5.74) is 0. The molecule has 21 heavy (non-hydrogen) atoms. The molecule has 0 fully saturated rings. The second-order valence-corrected chi connectivity index (χ2v) is 6.56. The minimum absolute atomic E-state index is 0.0461. The molecule has 1 amide bonds. The zero-order chi connectivity index (χ0) is 15.9. The van der Waals surface area contributed by atoms with E-state index in [-0.39, 0.29) is 28.6 Å². The van der Waals surface area contributed by atoms with E-state index in [1.807, 2.05) is 0 Å². The average molecular weight is 336 g/mol. The Balaban J connectivity index is 2.52. The number of sulfonamides is 1. The molecular weight excluding hydrogens is 320 g/mol. The summed E-state index contributed by atoms with van der Waals surface area (Å²) in [6, 6.07) is 1.22. The van der Waals surface area contributed by atoms with Crippen molar-refractivity contribution in [1.29, 1.82) is 0 Å². The van der Waals surface area contributed by atoms with Gasteiger partial charge in [0.15, 0.2) is 0 Å². The van der Waals surface area contributed by atoms with Gasteiger partial charge in [-0.15, -0.1) is 11.3 Å². The number of carbonyl (C=O) groups is 2. The molecule has 1 aromatic rings. The highest BCUT2D eigenvalue weighted by atomic mass is 32.2. The maximum absolute atomic E-state index is 11.9. The molecule has 1 aromatic heterocycles. The Morgan fingerprint density at radius 3 is 2.71 bits per heavy atom. The first-order chi connectivity index (χ1) is 9.88. The zero-order valence-electron chi connectivity index (χ0n) is 11.3. The smallest absolute Gasteiger partial charge is 0.347 e. The van der Waals surface area contributed by atoms with Gasteiger partial charge in [0.05, 0.1) is 6.61 Å². The molecule has 0 bridgehead atoms. The van der Waals surface area contributed by atoms with Crippen LogP contribution in [-0.4, -0.2) is 52.2 Å². The summed E-state index contributed by atoms with van der Waals surface area (Å²) < 4.78 is 30.8. The Labute approximate surface area is 126 Å². The van der Waals surface area contributed by atoms with Crippen molar-refractivity contribution in [2.45, 2.75) is 11.3 Å². The largest absolute Gasteiger partial charge is 0.477 e. The lowest BCUT2D eigenvalue weighted by Crippen LogP contribution is -2.32. The van der Waals surface area contributed by atoms with Gasteiger partial charge in [-0.2, -0.15) is 0 Å². The quantitative estimate of drug-likeness (QED) is 0.540. The van der Waals surface area contributed by atoms with Crippen LogP contribution in [0.3, 0.4) is 0 Å². The van der Waals surface area contributed by atoms with E-state index in [0.717, 1.165) is 11.3 Å². The Morgan fingerprint density at radius 2 is 2.10 bits per heavy atom. The Kier molecular flexibility index (Phi) is 6.75. The lowest BCUT2D eigenvalue weighted by molar-refractivity contribution is -0.121. The van der Waals surface area contributed by atoms with Crippen LogP contribution >= 0.6 is 11.3 Å². The third-order valence-electron chi connectivity index (χ3n) is 2.39. The van der Waals surface area contributed by atoms with Crippen LogP contribution in [0.25, 0.3) is 0 Å². The van der Waals surface area contributed by atoms with Gasteiger partial charge >= 0.3 is 5.97 Å². The highest BCUT2D eigenvalue weighted by Crippen LogP contribution is 2.21. The van der Waals surface area contributed by atoms with Gasteiger partial charge in [0.1, 0.15) is 9.77 Å². The minimum Gasteiger partial charge on any atom is -0.477 e. The number of nitrogens with one attached hydrogen (secondary N) is 2. The van der Waals surface area contributed by atoms with Crippen LogP contribution < -0.4 is 10.0 Å². The Morgan fingerprint density at radius 1 is 1.38 bits per heavy atom. The number of carbonyl (C=O) groups excluding carboxylic acids is 1. The van der Waals surface area contributed by atoms with Crippen LogP contribution in [0.5, 0.6) is 0 Å². The first-order valence-corrected chi connectivity index (χ1v) is 8.31. The van der Waals surface area contributed by atoms with Crippen LogP contribution in [0.1, 0.15) is 16.1 Å². The van der Waals surface area contributed by atoms with Gasteiger partial charge in [0.25, 0.3) is 0 Å². The Hall–Kier alpha value is -1.49. The predicted octanol–water partition coefficient (Wildman–Crippen LogP) is -0.123. The molecule has 0 saturated carbocycles. The molecule has 0 radical (unpaired) electrons. The van der Waals surface area contributed by atoms with Crippen molar-refractivity contribution in [3.8, 4) is 0 Å². The molecule has 0 atom stereocenters. The molecule has 0 aliphatic carbocycles. The minimum atomic E-state index is -3.94. The molecule has 0 aromatic carbocycles. The van der Waals surface area contributed by atoms with Crippen LogP contribution in [0.4, 0.5) is 0 Å². The molecular formula is C11H16N2O6S2. The lowest BCUT2D eigenvalue weighted by atomic mass is 10.4. The first kappa shape index (κ1) is 17.6. The normalized spacial score (nSPS) is 11.3. The van der Waals surface area contributed by atoms with Gasteiger partial charge in [-0.25, -0.2) is 17.9 Å². The van der Waals surface area contributed by atoms with Crippen molar-refractivity contribution in [1.82, 2.24) is 10.0 Å². The van der Waals surface area contributed by atoms with Gasteiger partial charge in [0.2, 0.25) is 15.9 Å². The van der Waals surface area contributed by atoms with E-state index in [4.69, 9.17) is 9.84 Å². The number of hydrogen-bond donors (Lipinski definition) is 3. The van der Waals surface area contributed by atoms with Crippen molar-refractivity contribution < 1.29 is 27.9 Å². The molecule has 0 saturated heterocycles. The summed E-state index contributed by atoms with van der Waals surface area (Å²) in [6.07, 6.45) is -0.0461. The highest BCUT2D eigenvalue weighted by molar-refractivity contribution is 7.89. The van der Waals surface area contributed by atoms with Crippen molar-refractivity contribution in [2.75, 3.05) is 26.8 Å². The molecule has 0 aliphatic heterocycles. The Bertz CT molecular complexity index is 596. The maximum Gasteiger partial charge on any atom is 0.347 e. The standard InChI is InChI=1S/C11H16N2O6S2/c1-19-6-5-12-9(14)2-4-13-21(17,18)8-3-7-20-10(8)11(15)16/h3,7,13H,2,4-6H2,1H3,(H,12,14)(H,15,16). The fourth-order valence-corrected chi connectivity index (χ4v) is 3.71. The van der Waals surface area contributed by atoms with E-state index in [1.165, 1.54) is 18.6 Å². The summed E-state index contributed by atoms with van der Waals surface area (Å²) in [5.74, 6) is -1.62. The van der Waals surface area contributed by atoms with E-state index in [1.54, 1.807) is 0 Å². The first-order valence-electron chi connectivity index (χ1n) is 5.94. The van der Waals surface area contributed by atoms with E-state index in [0.29, 0.717) is 13.2 Å². The van der Waals surface area contributed by atoms with Gasteiger partial charge < -0.3 is 15.2 Å². The molecule has 10 heteroatoms. The second-order valence-electron chi connectivity index (χ2n) is 3.91. The summed E-state index contributed by atoms with van der Waals surface area (Å²) in [4.78, 5) is 21.7. The molecule has 3 N–H and O–H groups in total. The molecule has 0 aliphatic rings. The van der Waals surface area contributed by atoms with Gasteiger partial charge in [0, 0.05) is 26.6 Å². The number of thiophene rings is 1. The highest BCUT2D eigenvalue weighted by Gasteiger charge is 2.23. The van der Waals surface area contributed by atoms with Crippen LogP contribution in [0.2, 0.25) is 0 Å². The van der Waals surface area contributed by atoms with Crippen LogP contribution in [0.15, 0.2) is 16.3 Å². The third-order valence-corrected chi connectivity index (χ3v) is 4.92. The van der Waals surface area contributed by atoms with Crippen molar-refractivity contribution in [3.05, 3.63) is 16.3 Å². The van der Waals surface area contributed by atoms with E-state index in [2.05, 4.69) is 10.0 Å². The number of carboxylic acids is 1. The molecule has 118 valence electrons. The molecule has 1 rings (SSSR count). The number of rotatable bonds is 9. The fraction of sp³-hybridized carbons (Fsp3) is 0.455. The number of methoxy groups -OCH3 is 1. The fourth-order valence-electron chi connectivity index (χ4n) is 1.42. The third kappa shape index (κ3) is 5.42. The zero-order valence-corrected chi connectivity index (χ0v) is 12.9. The van der Waals surface area contributed by atoms with Crippen molar-refractivity contribution in [2.24, 2.45) is 0 Å². The van der Waals surface area contributed by atoms with E-state index < -0.39 is 16.0 Å². The van der Waals surface area contributed by atoms with Crippen LogP contribution in [-0.2, 0) is 19.6 Å². The summed E-state index contributed by atoms with van der Waals surface area (Å²) in [7, 11) is -2.44. The van der Waals surface area contributed by atoms with E-state index in [9.17, 15) is 18.0 Å². The number of amides is 1. The number of ether oxygens (including phenoxy) is 1. The monoisotopic (exact) mass is 336 g/mol. The van der Waals surface area contributed by atoms with Crippen molar-refractivity contribution in [3.63, 3.8) is 0 Å². The summed E-state index contributed by atoms with van der Waals surface area (Å²) in [6.45, 7) is 0.597. The van der Waals surface area contributed by atoms with E-state index >= 15 is 0 Å².